The van der Waals surface area contributed by atoms with Crippen LogP contribution in [0.4, 0.5) is 31.4 Å². The summed E-state index contributed by atoms with van der Waals surface area (Å²) in [6.07, 6.45) is -0.414. The van der Waals surface area contributed by atoms with Crippen molar-refractivity contribution >= 4 is 103 Å². The number of aromatic nitrogens is 3. The molecule has 3 aromatic heterocycles. The van der Waals surface area contributed by atoms with Crippen molar-refractivity contribution in [2.45, 2.75) is 101 Å². The summed E-state index contributed by atoms with van der Waals surface area (Å²) in [6, 6.07) is 40.9. The average Bonchev–Trinajstić information content (AvgIpc) is 1.55. The second-order valence-electron chi connectivity index (χ2n) is 23.9. The van der Waals surface area contributed by atoms with Gasteiger partial charge in [-0.05, 0) is 147 Å². The number of ketones is 3. The fraction of sp³-hybridized carbons (Fsp3) is 0.271. The third-order valence-corrected chi connectivity index (χ3v) is 17.4. The molecule has 6 aromatic carbocycles. The number of rotatable bonds is 30. The zero-order chi connectivity index (χ0) is 67.5. The number of carbonyl (C=O) groups excluding carboxylic acids is 9. The molecule has 3 atom stereocenters. The number of H-pyrrole nitrogens is 3. The van der Waals surface area contributed by atoms with E-state index in [0.29, 0.717) is 50.4 Å². The van der Waals surface area contributed by atoms with Crippen LogP contribution in [-0.4, -0.2) is 104 Å². The smallest absolute Gasteiger partial charge is 0.312 e. The normalized spacial score (nSPS) is 13.3. The van der Waals surface area contributed by atoms with E-state index in [1.165, 1.54) is 0 Å². The first-order chi connectivity index (χ1) is 44.9. The second-order valence-corrected chi connectivity index (χ2v) is 23.9. The predicted molar refractivity (Wildman–Crippen MR) is 363 cm³/mol. The number of nitrogens with two attached hydrogens (primary N) is 6. The Balaban J connectivity index is 1.01. The lowest BCUT2D eigenvalue weighted by atomic mass is 9.83. The van der Waals surface area contributed by atoms with Crippen molar-refractivity contribution in [2.75, 3.05) is 35.6 Å². The molecule has 0 aliphatic heterocycles. The van der Waals surface area contributed by atoms with E-state index in [4.69, 9.17) is 34.4 Å². The number of Topliss-reactive ketones (excluding diaryl/α,β-unsaturated/α-hetero) is 3. The summed E-state index contributed by atoms with van der Waals surface area (Å²) in [5, 5.41) is 18.5. The third-order valence-electron chi connectivity index (χ3n) is 17.4. The highest BCUT2D eigenvalue weighted by Crippen LogP contribution is 2.36. The number of nitrogens with one attached hydrogen (secondary N) is 9. The highest BCUT2D eigenvalue weighted by molar-refractivity contribution is 6.18. The number of para-hydroxylation sites is 3. The first kappa shape index (κ1) is 67.4. The Labute approximate surface area is 541 Å². The number of urea groups is 3. The minimum atomic E-state index is -2.05. The van der Waals surface area contributed by atoms with E-state index in [9.17, 15) is 43.2 Å². The Morgan fingerprint density at radius 2 is 0.617 bits per heavy atom. The van der Waals surface area contributed by atoms with Gasteiger partial charge in [0.25, 0.3) is 17.7 Å². The lowest BCUT2D eigenvalue weighted by Gasteiger charge is -2.28. The molecule has 94 heavy (non-hydrogen) atoms. The van der Waals surface area contributed by atoms with E-state index in [0.717, 1.165) is 49.8 Å². The van der Waals surface area contributed by atoms with Gasteiger partial charge in [0, 0.05) is 112 Å². The Kier molecular flexibility index (Phi) is 20.9. The summed E-state index contributed by atoms with van der Waals surface area (Å²) in [4.78, 5) is 131. The number of primary amides is 3. The van der Waals surface area contributed by atoms with Crippen LogP contribution >= 0.6 is 0 Å². The van der Waals surface area contributed by atoms with Crippen molar-refractivity contribution < 1.29 is 43.2 Å². The Bertz CT molecular complexity index is 3890. The SMILES string of the molecule is Cc1[nH]c2ccccc2c1CC(=O)[C@](N)(CCCNC(N)=O)C(=O)Nc1ccc(C(c2ccc(NC(=O)[C@@](N)(CCCNC(N)=O)C(=O)Cc3c(C)[nH]c4ccccc34)cc2)c2ccc(NC(=O)[C@@](N)(CCCNC(N)=O)C(=O)Cc3c(C)[nH]c4ccccc34)cc2)cc1. The number of fused-ring (bicyclic) bond motifs is 3. The highest BCUT2D eigenvalue weighted by atomic mass is 16.2. The lowest BCUT2D eigenvalue weighted by Crippen LogP contribution is -2.58. The monoisotopic (exact) mass is 1270 g/mol. The largest absolute Gasteiger partial charge is 0.358 e. The fourth-order valence-electron chi connectivity index (χ4n) is 12.1. The molecule has 488 valence electrons. The van der Waals surface area contributed by atoms with E-state index in [1.807, 2.05) is 93.6 Å². The maximum Gasteiger partial charge on any atom is 0.312 e. The summed E-state index contributed by atoms with van der Waals surface area (Å²) in [7, 11) is 0. The fourth-order valence-corrected chi connectivity index (χ4v) is 12.1. The molecule has 9 amide bonds. The van der Waals surface area contributed by atoms with Crippen molar-refractivity contribution in [3.05, 3.63) is 196 Å². The molecule has 3 heterocycles. The molecule has 0 bridgehead atoms. The summed E-state index contributed by atoms with van der Waals surface area (Å²) < 4.78 is 0. The predicted octanol–water partition coefficient (Wildman–Crippen LogP) is 6.92. The highest BCUT2D eigenvalue weighted by Gasteiger charge is 2.44. The zero-order valence-electron chi connectivity index (χ0n) is 52.6. The van der Waals surface area contributed by atoms with Gasteiger partial charge in [0.1, 0.15) is 0 Å². The Morgan fingerprint density at radius 1 is 0.372 bits per heavy atom. The van der Waals surface area contributed by atoms with E-state index in [2.05, 4.69) is 46.9 Å². The summed E-state index contributed by atoms with van der Waals surface area (Å²) >= 11 is 0. The molecular weight excluding hydrogens is 1190 g/mol. The molecule has 0 unspecified atom stereocenters. The molecule has 9 aromatic rings. The van der Waals surface area contributed by atoms with Crippen LogP contribution in [0.25, 0.3) is 32.7 Å². The topological polar surface area (TPSA) is 429 Å². The number of hydrogen-bond acceptors (Lipinski definition) is 12. The van der Waals surface area contributed by atoms with E-state index in [-0.39, 0.29) is 77.4 Å². The van der Waals surface area contributed by atoms with Gasteiger partial charge >= 0.3 is 18.1 Å². The number of carbonyl (C=O) groups is 9. The number of aryl methyl sites for hydroxylation is 3. The molecule has 0 saturated carbocycles. The minimum absolute atomic E-state index is 0.0619. The first-order valence-corrected chi connectivity index (χ1v) is 30.9. The standard InChI is InChI=1S/C70H79N15O9/c1-40-52(49-13-4-7-16-55(49)80-40)37-58(86)68(74,31-10-34-77-65(71)92)62(89)83-46-25-19-43(20-26-46)61(44-21-27-47(28-22-44)84-63(90)69(75,32-11-35-78-66(72)93)59(87)38-53-41(2)81-56-17-8-5-14-50(53)56)45-23-29-48(30-24-45)85-64(91)70(76,33-12-36-79-67(73)94)60(88)39-54-42(3)82-57-18-9-6-15-51(54)57/h4-9,13-30,61,80-82H,10-12,31-39,74-76H2,1-3H3,(H,83,89)(H,84,90)(H,85,91)(H3,71,77,92)(H3,72,78,93)(H3,73,79,94)/t68-,69-,70-/m1/s1. The molecule has 0 fully saturated rings. The molecule has 0 radical (unpaired) electrons. The van der Waals surface area contributed by atoms with Crippen molar-refractivity contribution in [1.29, 1.82) is 0 Å². The van der Waals surface area contributed by atoms with Crippen LogP contribution in [0, 0.1) is 20.8 Å². The first-order valence-electron chi connectivity index (χ1n) is 30.9. The van der Waals surface area contributed by atoms with Crippen molar-refractivity contribution in [2.24, 2.45) is 34.4 Å². The lowest BCUT2D eigenvalue weighted by molar-refractivity contribution is -0.134. The molecular formula is C70H79N15O9. The number of anilines is 3. The van der Waals surface area contributed by atoms with Gasteiger partial charge in [-0.3, -0.25) is 28.8 Å². The van der Waals surface area contributed by atoms with Gasteiger partial charge in [0.15, 0.2) is 34.0 Å². The second kappa shape index (κ2) is 29.1. The molecule has 0 spiro atoms. The van der Waals surface area contributed by atoms with Crippen LogP contribution in [-0.2, 0) is 48.0 Å². The van der Waals surface area contributed by atoms with Gasteiger partial charge < -0.3 is 81.3 Å². The molecule has 0 aliphatic rings. The molecule has 21 N–H and O–H groups in total. The van der Waals surface area contributed by atoms with Gasteiger partial charge in [-0.25, -0.2) is 14.4 Å². The molecule has 24 heteroatoms. The van der Waals surface area contributed by atoms with E-state index >= 15 is 0 Å². The molecule has 0 saturated heterocycles. The van der Waals surface area contributed by atoms with Gasteiger partial charge in [0.2, 0.25) is 0 Å². The summed E-state index contributed by atoms with van der Waals surface area (Å²) in [5.41, 5.74) is 40.2. The van der Waals surface area contributed by atoms with Gasteiger partial charge in [-0.2, -0.15) is 0 Å². The zero-order valence-corrected chi connectivity index (χ0v) is 52.6. The van der Waals surface area contributed by atoms with Gasteiger partial charge in [-0.15, -0.1) is 0 Å². The van der Waals surface area contributed by atoms with Crippen LogP contribution in [0.15, 0.2) is 146 Å². The van der Waals surface area contributed by atoms with Crippen LogP contribution in [0.5, 0.6) is 0 Å². The van der Waals surface area contributed by atoms with Gasteiger partial charge in [0.05, 0.1) is 0 Å². The van der Waals surface area contributed by atoms with Crippen LogP contribution in [0.2, 0.25) is 0 Å². The molecule has 0 aliphatic carbocycles. The summed E-state index contributed by atoms with van der Waals surface area (Å²) in [5.74, 6) is -4.54. The third kappa shape index (κ3) is 15.3. The van der Waals surface area contributed by atoms with Crippen molar-refractivity contribution in [3.63, 3.8) is 0 Å². The Morgan fingerprint density at radius 3 is 0.862 bits per heavy atom. The number of amides is 9. The molecule has 24 nitrogen and oxygen atoms in total. The summed E-state index contributed by atoms with van der Waals surface area (Å²) in [6.45, 7) is 5.71. The maximum atomic E-state index is 14.5. The van der Waals surface area contributed by atoms with Crippen LogP contribution in [0.3, 0.4) is 0 Å². The quantitative estimate of drug-likeness (QED) is 0.0124. The van der Waals surface area contributed by atoms with Crippen LogP contribution in [0.1, 0.15) is 94.9 Å². The van der Waals surface area contributed by atoms with E-state index < -0.39 is 75.7 Å². The van der Waals surface area contributed by atoms with Crippen LogP contribution < -0.4 is 66.3 Å². The number of benzene rings is 6. The minimum Gasteiger partial charge on any atom is -0.358 e. The average molecular weight is 1270 g/mol. The Hall–Kier alpha value is -11.0. The number of hydrogen-bond donors (Lipinski definition) is 15. The number of aromatic amines is 3. The van der Waals surface area contributed by atoms with Crippen molar-refractivity contribution in [1.82, 2.24) is 30.9 Å². The maximum absolute atomic E-state index is 14.5. The van der Waals surface area contributed by atoms with E-state index in [1.54, 1.807) is 72.8 Å². The van der Waals surface area contributed by atoms with Gasteiger partial charge in [-0.1, -0.05) is 91.0 Å². The molecule has 9 rings (SSSR count). The van der Waals surface area contributed by atoms with Crippen molar-refractivity contribution in [3.8, 4) is 0 Å².